The van der Waals surface area contributed by atoms with E-state index in [1.165, 1.54) is 0 Å². The molecule has 0 bridgehead atoms. The van der Waals surface area contributed by atoms with Gasteiger partial charge in [-0.15, -0.1) is 11.3 Å². The summed E-state index contributed by atoms with van der Waals surface area (Å²) in [6.45, 7) is 7.87. The van der Waals surface area contributed by atoms with E-state index in [1.54, 1.807) is 22.0 Å². The highest BCUT2D eigenvalue weighted by Gasteiger charge is 2.34. The first kappa shape index (κ1) is 20.6. The largest absolute Gasteiger partial charge is 0.507 e. The average molecular weight is 405 g/mol. The van der Waals surface area contributed by atoms with E-state index in [1.807, 2.05) is 38.3 Å². The van der Waals surface area contributed by atoms with E-state index in [0.29, 0.717) is 44.6 Å². The number of aromatic nitrogens is 1. The van der Waals surface area contributed by atoms with Crippen LogP contribution in [-0.2, 0) is 16.1 Å². The molecule has 1 aliphatic rings. The summed E-state index contributed by atoms with van der Waals surface area (Å²) in [6, 6.07) is 5.32. The van der Waals surface area contributed by atoms with Crippen LogP contribution in [0.4, 0.5) is 0 Å². The molecule has 1 N–H and O–H groups in total. The fraction of sp³-hybridized carbons (Fsp3) is 0.524. The standard InChI is InChI=1S/C21H28N2O4S/c1-4-23-14(3)13-16(24)18(20(23)25)19(17-7-6-12-28-17)22-10-8-15(9-11-22)21(26)27-5-2/h6-7,12-13,15,19,24H,4-5,8-11H2,1-3H3/t19-/m1/s1. The van der Waals surface area contributed by atoms with Crippen LogP contribution in [0.1, 0.15) is 48.9 Å². The lowest BCUT2D eigenvalue weighted by Crippen LogP contribution is -2.41. The van der Waals surface area contributed by atoms with Gasteiger partial charge in [0.15, 0.2) is 0 Å². The molecular weight excluding hydrogens is 376 g/mol. The van der Waals surface area contributed by atoms with Gasteiger partial charge in [-0.25, -0.2) is 0 Å². The molecule has 7 heteroatoms. The highest BCUT2D eigenvalue weighted by atomic mass is 32.1. The SMILES string of the molecule is CCOC(=O)C1CCN([C@H](c2cccs2)c2c(O)cc(C)n(CC)c2=O)CC1. The smallest absolute Gasteiger partial charge is 0.309 e. The number of aryl methyl sites for hydroxylation is 1. The van der Waals surface area contributed by atoms with Gasteiger partial charge in [-0.2, -0.15) is 0 Å². The van der Waals surface area contributed by atoms with Gasteiger partial charge in [0.05, 0.1) is 24.1 Å². The highest BCUT2D eigenvalue weighted by molar-refractivity contribution is 7.10. The van der Waals surface area contributed by atoms with Crippen molar-refractivity contribution in [2.45, 2.75) is 46.2 Å². The third-order valence-corrected chi connectivity index (χ3v) is 6.36. The van der Waals surface area contributed by atoms with Crippen molar-refractivity contribution in [2.75, 3.05) is 19.7 Å². The van der Waals surface area contributed by atoms with Crippen LogP contribution < -0.4 is 5.56 Å². The Morgan fingerprint density at radius 1 is 1.36 bits per heavy atom. The molecule has 3 rings (SSSR count). The van der Waals surface area contributed by atoms with E-state index in [-0.39, 0.29) is 29.2 Å². The second-order valence-corrected chi connectivity index (χ2v) is 8.09. The molecule has 0 spiro atoms. The summed E-state index contributed by atoms with van der Waals surface area (Å²) in [6.07, 6.45) is 1.38. The van der Waals surface area contributed by atoms with Crippen LogP contribution in [0.15, 0.2) is 28.4 Å². The lowest BCUT2D eigenvalue weighted by atomic mass is 9.93. The molecule has 0 aliphatic carbocycles. The monoisotopic (exact) mass is 404 g/mol. The van der Waals surface area contributed by atoms with E-state index in [2.05, 4.69) is 4.90 Å². The number of ether oxygens (including phenoxy) is 1. The Hall–Kier alpha value is -2.12. The molecular formula is C21H28N2O4S. The molecule has 0 saturated carbocycles. The number of rotatable bonds is 6. The molecule has 1 fully saturated rings. The first-order valence-corrected chi connectivity index (χ1v) is 10.7. The average Bonchev–Trinajstić information content (AvgIpc) is 3.20. The molecule has 0 aromatic carbocycles. The summed E-state index contributed by atoms with van der Waals surface area (Å²) in [5, 5.41) is 12.7. The van der Waals surface area contributed by atoms with Gasteiger partial charge in [-0.05, 0) is 64.2 Å². The Morgan fingerprint density at radius 3 is 2.64 bits per heavy atom. The minimum absolute atomic E-state index is 0.0399. The molecule has 2 aromatic rings. The van der Waals surface area contributed by atoms with Crippen molar-refractivity contribution >= 4 is 17.3 Å². The number of piperidine rings is 1. The maximum absolute atomic E-state index is 13.2. The van der Waals surface area contributed by atoms with Gasteiger partial charge in [-0.1, -0.05) is 6.07 Å². The maximum Gasteiger partial charge on any atom is 0.309 e. The van der Waals surface area contributed by atoms with E-state index >= 15 is 0 Å². The van der Waals surface area contributed by atoms with Crippen molar-refractivity contribution in [3.63, 3.8) is 0 Å². The maximum atomic E-state index is 13.2. The zero-order chi connectivity index (χ0) is 20.3. The predicted octanol–water partition coefficient (Wildman–Crippen LogP) is 3.31. The minimum Gasteiger partial charge on any atom is -0.507 e. The third-order valence-electron chi connectivity index (χ3n) is 5.44. The van der Waals surface area contributed by atoms with Crippen molar-refractivity contribution in [3.05, 3.63) is 50.1 Å². The van der Waals surface area contributed by atoms with E-state index in [9.17, 15) is 14.7 Å². The normalized spacial score (nSPS) is 16.8. The molecule has 3 heterocycles. The summed E-state index contributed by atoms with van der Waals surface area (Å²) in [5.74, 6) is -0.196. The van der Waals surface area contributed by atoms with Crippen LogP contribution >= 0.6 is 11.3 Å². The quantitative estimate of drug-likeness (QED) is 0.748. The zero-order valence-corrected chi connectivity index (χ0v) is 17.5. The Morgan fingerprint density at radius 2 is 2.07 bits per heavy atom. The van der Waals surface area contributed by atoms with Gasteiger partial charge in [0.1, 0.15) is 5.75 Å². The number of hydrogen-bond donors (Lipinski definition) is 1. The number of likely N-dealkylation sites (tertiary alicyclic amines) is 1. The molecule has 0 amide bonds. The number of pyridine rings is 1. The second-order valence-electron chi connectivity index (χ2n) is 7.11. The van der Waals surface area contributed by atoms with Crippen LogP contribution in [0.2, 0.25) is 0 Å². The van der Waals surface area contributed by atoms with Crippen LogP contribution in [0.3, 0.4) is 0 Å². The second kappa shape index (κ2) is 8.92. The van der Waals surface area contributed by atoms with Crippen molar-refractivity contribution < 1.29 is 14.6 Å². The van der Waals surface area contributed by atoms with Crippen LogP contribution in [-0.4, -0.2) is 40.2 Å². The topological polar surface area (TPSA) is 71.8 Å². The van der Waals surface area contributed by atoms with Crippen molar-refractivity contribution in [1.82, 2.24) is 9.47 Å². The zero-order valence-electron chi connectivity index (χ0n) is 16.7. The van der Waals surface area contributed by atoms with E-state index in [4.69, 9.17) is 4.74 Å². The molecule has 0 unspecified atom stereocenters. The summed E-state index contributed by atoms with van der Waals surface area (Å²) in [5.41, 5.74) is 1.02. The van der Waals surface area contributed by atoms with E-state index in [0.717, 1.165) is 10.6 Å². The lowest BCUT2D eigenvalue weighted by molar-refractivity contribution is -0.149. The Bertz CT molecular complexity index is 867. The molecule has 6 nitrogen and oxygen atoms in total. The van der Waals surface area contributed by atoms with Gasteiger partial charge in [0.25, 0.3) is 5.56 Å². The number of aromatic hydroxyl groups is 1. The number of thiophene rings is 1. The molecule has 2 aromatic heterocycles. The Balaban J connectivity index is 1.96. The number of carbonyl (C=O) groups is 1. The molecule has 28 heavy (non-hydrogen) atoms. The molecule has 1 aliphatic heterocycles. The van der Waals surface area contributed by atoms with Gasteiger partial charge in [-0.3, -0.25) is 14.5 Å². The summed E-state index contributed by atoms with van der Waals surface area (Å²) < 4.78 is 6.86. The van der Waals surface area contributed by atoms with Crippen LogP contribution in [0, 0.1) is 12.8 Å². The lowest BCUT2D eigenvalue weighted by Gasteiger charge is -2.36. The molecule has 1 saturated heterocycles. The van der Waals surface area contributed by atoms with Gasteiger partial charge in [0.2, 0.25) is 0 Å². The van der Waals surface area contributed by atoms with Crippen LogP contribution in [0.25, 0.3) is 0 Å². The van der Waals surface area contributed by atoms with Crippen molar-refractivity contribution in [2.24, 2.45) is 5.92 Å². The van der Waals surface area contributed by atoms with E-state index < -0.39 is 0 Å². The third kappa shape index (κ3) is 4.00. The first-order valence-electron chi connectivity index (χ1n) is 9.85. The van der Waals surface area contributed by atoms with Gasteiger partial charge < -0.3 is 14.4 Å². The number of nitrogens with zero attached hydrogens (tertiary/aromatic N) is 2. The minimum atomic E-state index is -0.311. The van der Waals surface area contributed by atoms with Crippen LogP contribution in [0.5, 0.6) is 5.75 Å². The fourth-order valence-electron chi connectivity index (χ4n) is 4.02. The van der Waals surface area contributed by atoms with Crippen molar-refractivity contribution in [3.8, 4) is 5.75 Å². The first-order chi connectivity index (χ1) is 13.5. The number of hydrogen-bond acceptors (Lipinski definition) is 6. The predicted molar refractivity (Wildman–Crippen MR) is 110 cm³/mol. The van der Waals surface area contributed by atoms with Gasteiger partial charge in [0, 0.05) is 17.1 Å². The Labute approximate surface area is 169 Å². The van der Waals surface area contributed by atoms with Gasteiger partial charge >= 0.3 is 5.97 Å². The molecule has 0 radical (unpaired) electrons. The highest BCUT2D eigenvalue weighted by Crippen LogP contribution is 2.37. The summed E-state index contributed by atoms with van der Waals surface area (Å²) in [4.78, 5) is 28.5. The number of carbonyl (C=O) groups excluding carboxylic acids is 1. The summed E-state index contributed by atoms with van der Waals surface area (Å²) >= 11 is 1.58. The molecule has 152 valence electrons. The Kier molecular flexibility index (Phi) is 6.57. The number of esters is 1. The van der Waals surface area contributed by atoms with Crippen molar-refractivity contribution in [1.29, 1.82) is 0 Å². The molecule has 1 atom stereocenters. The fourth-order valence-corrected chi connectivity index (χ4v) is 4.89. The summed E-state index contributed by atoms with van der Waals surface area (Å²) in [7, 11) is 0.